The van der Waals surface area contributed by atoms with Gasteiger partial charge in [-0.1, -0.05) is 0 Å². The summed E-state index contributed by atoms with van der Waals surface area (Å²) in [6.45, 7) is 2.05. The van der Waals surface area contributed by atoms with E-state index in [4.69, 9.17) is 0 Å². The molecule has 4 heterocycles. The molecule has 8 heteroatoms. The summed E-state index contributed by atoms with van der Waals surface area (Å²) in [5.41, 5.74) is 1.57. The Bertz CT molecular complexity index is 836. The molecule has 1 saturated heterocycles. The van der Waals surface area contributed by atoms with Crippen LogP contribution in [0.4, 0.5) is 5.13 Å². The Balaban J connectivity index is 1.42. The van der Waals surface area contributed by atoms with Crippen LogP contribution in [0.1, 0.15) is 34.8 Å². The Morgan fingerprint density at radius 1 is 1.32 bits per heavy atom. The van der Waals surface area contributed by atoms with E-state index >= 15 is 0 Å². The van der Waals surface area contributed by atoms with Gasteiger partial charge in [0.15, 0.2) is 10.9 Å². The van der Waals surface area contributed by atoms with Gasteiger partial charge in [-0.15, -0.1) is 11.3 Å². The quantitative estimate of drug-likeness (QED) is 0.752. The average molecular weight is 354 g/mol. The number of hydrogen-bond donors (Lipinski definition) is 2. The Kier molecular flexibility index (Phi) is 4.53. The van der Waals surface area contributed by atoms with E-state index in [-0.39, 0.29) is 5.91 Å². The Morgan fingerprint density at radius 3 is 2.92 bits per heavy atom. The van der Waals surface area contributed by atoms with Crippen molar-refractivity contribution >= 4 is 22.4 Å². The van der Waals surface area contributed by atoms with E-state index in [0.29, 0.717) is 22.4 Å². The standard InChI is InChI=1S/C17H18N6OS/c24-16(13-2-3-15(19-10-13)23-9-1-6-20-23)22-17-21-14(11-25-17)12-4-7-18-8-5-12/h1-3,6,9-12,18H,4-5,7-8H2,(H,21,22,24). The highest BCUT2D eigenvalue weighted by molar-refractivity contribution is 7.14. The van der Waals surface area contributed by atoms with Crippen LogP contribution in [-0.4, -0.2) is 38.7 Å². The van der Waals surface area contributed by atoms with Crippen molar-refractivity contribution < 1.29 is 4.79 Å². The van der Waals surface area contributed by atoms with Crippen LogP contribution < -0.4 is 10.6 Å². The predicted molar refractivity (Wildman–Crippen MR) is 96.3 cm³/mol. The minimum atomic E-state index is -0.203. The molecule has 2 N–H and O–H groups in total. The van der Waals surface area contributed by atoms with Crippen LogP contribution in [-0.2, 0) is 0 Å². The Labute approximate surface area is 149 Å². The summed E-state index contributed by atoms with van der Waals surface area (Å²) >= 11 is 1.47. The van der Waals surface area contributed by atoms with Gasteiger partial charge >= 0.3 is 0 Å². The second kappa shape index (κ2) is 7.12. The zero-order valence-corrected chi connectivity index (χ0v) is 14.4. The molecule has 1 aliphatic rings. The number of nitrogens with zero attached hydrogens (tertiary/aromatic N) is 4. The van der Waals surface area contributed by atoms with Crippen molar-refractivity contribution in [1.82, 2.24) is 25.1 Å². The third kappa shape index (κ3) is 3.59. The van der Waals surface area contributed by atoms with Gasteiger partial charge in [0.05, 0.1) is 11.3 Å². The molecule has 3 aromatic rings. The van der Waals surface area contributed by atoms with E-state index < -0.39 is 0 Å². The van der Waals surface area contributed by atoms with E-state index in [1.165, 1.54) is 11.3 Å². The van der Waals surface area contributed by atoms with Crippen molar-refractivity contribution in [2.45, 2.75) is 18.8 Å². The maximum absolute atomic E-state index is 12.4. The minimum absolute atomic E-state index is 0.203. The molecule has 0 radical (unpaired) electrons. The molecule has 1 aliphatic heterocycles. The molecule has 0 saturated carbocycles. The summed E-state index contributed by atoms with van der Waals surface area (Å²) < 4.78 is 1.65. The highest BCUT2D eigenvalue weighted by Gasteiger charge is 2.18. The third-order valence-electron chi connectivity index (χ3n) is 4.25. The first kappa shape index (κ1) is 15.9. The molecule has 0 aromatic carbocycles. The predicted octanol–water partition coefficient (Wildman–Crippen LogP) is 2.44. The van der Waals surface area contributed by atoms with Crippen LogP contribution in [0.15, 0.2) is 42.2 Å². The Morgan fingerprint density at radius 2 is 2.20 bits per heavy atom. The van der Waals surface area contributed by atoms with Crippen LogP contribution in [0, 0.1) is 0 Å². The summed E-state index contributed by atoms with van der Waals surface area (Å²) in [4.78, 5) is 21.2. The Hall–Kier alpha value is -2.58. The topological polar surface area (TPSA) is 84.7 Å². The number of piperidine rings is 1. The van der Waals surface area contributed by atoms with Crippen LogP contribution in [0.2, 0.25) is 0 Å². The summed E-state index contributed by atoms with van der Waals surface area (Å²) in [6, 6.07) is 5.33. The first-order valence-electron chi connectivity index (χ1n) is 8.23. The fourth-order valence-corrected chi connectivity index (χ4v) is 3.67. The molecule has 0 aliphatic carbocycles. The number of hydrogen-bond acceptors (Lipinski definition) is 6. The number of carbonyl (C=O) groups is 1. The molecule has 25 heavy (non-hydrogen) atoms. The molecule has 4 rings (SSSR count). The summed E-state index contributed by atoms with van der Waals surface area (Å²) in [5.74, 6) is 0.952. The van der Waals surface area contributed by atoms with Gasteiger partial charge in [0.1, 0.15) is 0 Å². The zero-order chi connectivity index (χ0) is 17.1. The van der Waals surface area contributed by atoms with E-state index in [1.54, 1.807) is 35.4 Å². The lowest BCUT2D eigenvalue weighted by Crippen LogP contribution is -2.26. The fourth-order valence-electron chi connectivity index (χ4n) is 2.88. The first-order chi connectivity index (χ1) is 12.3. The minimum Gasteiger partial charge on any atom is -0.317 e. The van der Waals surface area contributed by atoms with Gasteiger partial charge in [-0.25, -0.2) is 14.6 Å². The molecule has 128 valence electrons. The molecule has 0 spiro atoms. The van der Waals surface area contributed by atoms with E-state index in [1.807, 2.05) is 11.4 Å². The molecule has 0 unspecified atom stereocenters. The molecule has 7 nitrogen and oxygen atoms in total. The van der Waals surface area contributed by atoms with Crippen LogP contribution in [0.5, 0.6) is 0 Å². The normalized spacial score (nSPS) is 15.2. The maximum Gasteiger partial charge on any atom is 0.259 e. The fraction of sp³-hybridized carbons (Fsp3) is 0.294. The molecule has 0 atom stereocenters. The van der Waals surface area contributed by atoms with Crippen LogP contribution in [0.3, 0.4) is 0 Å². The zero-order valence-electron chi connectivity index (χ0n) is 13.6. The molecule has 0 bridgehead atoms. The first-order valence-corrected chi connectivity index (χ1v) is 9.11. The third-order valence-corrected chi connectivity index (χ3v) is 5.02. The molecule has 3 aromatic heterocycles. The van der Waals surface area contributed by atoms with Gasteiger partial charge in [-0.05, 0) is 44.1 Å². The van der Waals surface area contributed by atoms with E-state index in [9.17, 15) is 4.79 Å². The van der Waals surface area contributed by atoms with Crippen LogP contribution in [0.25, 0.3) is 5.82 Å². The van der Waals surface area contributed by atoms with Crippen molar-refractivity contribution in [2.75, 3.05) is 18.4 Å². The van der Waals surface area contributed by atoms with Crippen molar-refractivity contribution in [3.05, 3.63) is 53.4 Å². The number of rotatable bonds is 4. The number of pyridine rings is 1. The molecule has 1 amide bonds. The monoisotopic (exact) mass is 354 g/mol. The van der Waals surface area contributed by atoms with Crippen molar-refractivity contribution in [3.8, 4) is 5.82 Å². The molecular formula is C17H18N6OS. The molecule has 1 fully saturated rings. The lowest BCUT2D eigenvalue weighted by Gasteiger charge is -2.20. The average Bonchev–Trinajstić information content (AvgIpc) is 3.35. The van der Waals surface area contributed by atoms with Crippen molar-refractivity contribution in [2.24, 2.45) is 0 Å². The van der Waals surface area contributed by atoms with Gasteiger partial charge in [0.2, 0.25) is 0 Å². The summed E-state index contributed by atoms with van der Waals surface area (Å²) in [7, 11) is 0. The highest BCUT2D eigenvalue weighted by Crippen LogP contribution is 2.28. The number of carbonyl (C=O) groups excluding carboxylic acids is 1. The lowest BCUT2D eigenvalue weighted by molar-refractivity contribution is 0.102. The SMILES string of the molecule is O=C(Nc1nc(C2CCNCC2)cs1)c1ccc(-n2cccn2)nc1. The van der Waals surface area contributed by atoms with Gasteiger partial charge in [-0.3, -0.25) is 10.1 Å². The smallest absolute Gasteiger partial charge is 0.259 e. The second-order valence-corrected chi connectivity index (χ2v) is 6.77. The number of nitrogens with one attached hydrogen (secondary N) is 2. The number of aromatic nitrogens is 4. The van der Waals surface area contributed by atoms with Gasteiger partial charge in [-0.2, -0.15) is 5.10 Å². The second-order valence-electron chi connectivity index (χ2n) is 5.91. The maximum atomic E-state index is 12.4. The largest absolute Gasteiger partial charge is 0.317 e. The van der Waals surface area contributed by atoms with Gasteiger partial charge < -0.3 is 5.32 Å². The summed E-state index contributed by atoms with van der Waals surface area (Å²) in [6.07, 6.45) is 7.23. The van der Waals surface area contributed by atoms with Gasteiger partial charge in [0.25, 0.3) is 5.91 Å². The van der Waals surface area contributed by atoms with Crippen LogP contribution >= 0.6 is 11.3 Å². The number of anilines is 1. The van der Waals surface area contributed by atoms with Crippen molar-refractivity contribution in [1.29, 1.82) is 0 Å². The van der Waals surface area contributed by atoms with Crippen molar-refractivity contribution in [3.63, 3.8) is 0 Å². The van der Waals surface area contributed by atoms with E-state index in [0.717, 1.165) is 31.6 Å². The lowest BCUT2D eigenvalue weighted by atomic mass is 9.96. The molecular weight excluding hydrogens is 336 g/mol. The highest BCUT2D eigenvalue weighted by atomic mass is 32.1. The van der Waals surface area contributed by atoms with E-state index in [2.05, 4.69) is 25.7 Å². The van der Waals surface area contributed by atoms with Gasteiger partial charge in [0, 0.05) is 29.9 Å². The number of amides is 1. The summed E-state index contributed by atoms with van der Waals surface area (Å²) in [5, 5.41) is 13.0. The number of thiazole rings is 1.